The maximum Gasteiger partial charge on any atom is 0.365 e. The molecule has 0 saturated carbocycles. The van der Waals surface area contributed by atoms with Gasteiger partial charge in [-0.15, -0.1) is 0 Å². The van der Waals surface area contributed by atoms with Gasteiger partial charge in [-0.3, -0.25) is 9.35 Å². The molecule has 1 rings (SSSR count). The molecule has 66 valence electrons. The molecule has 7 heteroatoms. The Balaban J connectivity index is 3.36. The predicted molar refractivity (Wildman–Crippen MR) is 39.2 cm³/mol. The van der Waals surface area contributed by atoms with Crippen LogP contribution in [0.5, 0.6) is 0 Å². The van der Waals surface area contributed by atoms with Crippen molar-refractivity contribution in [2.75, 3.05) is 0 Å². The molecule has 0 amide bonds. The average Bonchev–Trinajstić information content (AvgIpc) is 2.30. The Bertz CT molecular complexity index is 405. The normalized spacial score (nSPS) is 11.5. The van der Waals surface area contributed by atoms with Gasteiger partial charge >= 0.3 is 10.3 Å². The van der Waals surface area contributed by atoms with Crippen LogP contribution in [-0.4, -0.2) is 27.7 Å². The Hall–Kier alpha value is -1.21. The molecular weight excluding hydrogens is 184 g/mol. The molecule has 0 radical (unpaired) electrons. The smallest absolute Gasteiger partial charge is 0.291 e. The van der Waals surface area contributed by atoms with Crippen molar-refractivity contribution in [1.29, 1.82) is 0 Å². The zero-order chi connectivity index (χ0) is 9.35. The maximum atomic E-state index is 10.7. The third kappa shape index (κ3) is 1.51. The highest BCUT2D eigenvalue weighted by Gasteiger charge is 2.16. The molecule has 0 aliphatic heterocycles. The van der Waals surface area contributed by atoms with Crippen LogP contribution in [-0.2, 0) is 10.3 Å². The Labute approximate surface area is 68.7 Å². The highest BCUT2D eigenvalue weighted by Crippen LogP contribution is 2.01. The van der Waals surface area contributed by atoms with Gasteiger partial charge in [-0.2, -0.15) is 8.42 Å². The van der Waals surface area contributed by atoms with E-state index in [1.165, 1.54) is 0 Å². The van der Waals surface area contributed by atoms with Crippen LogP contribution in [0.25, 0.3) is 0 Å². The largest absolute Gasteiger partial charge is 0.365 e. The number of hydrogen-bond donors (Lipinski definition) is 1. The van der Waals surface area contributed by atoms with Gasteiger partial charge in [-0.1, -0.05) is 0 Å². The van der Waals surface area contributed by atoms with Gasteiger partial charge in [0.1, 0.15) is 0 Å². The third-order valence-corrected chi connectivity index (χ3v) is 1.96. The van der Waals surface area contributed by atoms with E-state index in [9.17, 15) is 13.2 Å². The second kappa shape index (κ2) is 2.68. The van der Waals surface area contributed by atoms with Crippen molar-refractivity contribution in [3.63, 3.8) is 0 Å². The van der Waals surface area contributed by atoms with Crippen LogP contribution in [0.2, 0.25) is 0 Å². The fourth-order valence-corrected chi connectivity index (χ4v) is 1.33. The van der Waals surface area contributed by atoms with Gasteiger partial charge in [0.15, 0.2) is 11.6 Å². The van der Waals surface area contributed by atoms with Crippen molar-refractivity contribution >= 4 is 16.1 Å². The van der Waals surface area contributed by atoms with E-state index >= 15 is 0 Å². The Morgan fingerprint density at radius 2 is 2.25 bits per heavy atom. The second-order valence-corrected chi connectivity index (χ2v) is 3.37. The average molecular weight is 190 g/mol. The summed E-state index contributed by atoms with van der Waals surface area (Å²) in [6.07, 6.45) is 2.11. The first-order valence-electron chi connectivity index (χ1n) is 2.95. The predicted octanol–water partition coefficient (Wildman–Crippen LogP) is -0.263. The number of carbonyl (C=O) groups is 1. The van der Waals surface area contributed by atoms with E-state index in [2.05, 4.69) is 4.98 Å². The van der Waals surface area contributed by atoms with E-state index < -0.39 is 16.1 Å². The van der Waals surface area contributed by atoms with Crippen LogP contribution >= 0.6 is 0 Å². The lowest BCUT2D eigenvalue weighted by Gasteiger charge is -1.98. The molecule has 0 fully saturated rings. The van der Waals surface area contributed by atoms with Crippen LogP contribution in [0.1, 0.15) is 17.5 Å². The molecule has 0 aromatic carbocycles. The number of Topliss-reactive ketones (excluding diaryl/α,β-unsaturated/α-hetero) is 1. The molecule has 1 N–H and O–H groups in total. The van der Waals surface area contributed by atoms with E-state index in [0.717, 1.165) is 19.3 Å². The summed E-state index contributed by atoms with van der Waals surface area (Å²) >= 11 is 0. The summed E-state index contributed by atoms with van der Waals surface area (Å²) in [6, 6.07) is 0. The van der Waals surface area contributed by atoms with E-state index in [1.807, 2.05) is 0 Å². The van der Waals surface area contributed by atoms with Gasteiger partial charge in [0.05, 0.1) is 0 Å². The quantitative estimate of drug-likeness (QED) is 0.512. The van der Waals surface area contributed by atoms with E-state index in [4.69, 9.17) is 4.55 Å². The molecule has 12 heavy (non-hydrogen) atoms. The molecule has 0 bridgehead atoms. The molecule has 0 atom stereocenters. The van der Waals surface area contributed by atoms with Crippen molar-refractivity contribution in [1.82, 2.24) is 8.96 Å². The second-order valence-electron chi connectivity index (χ2n) is 2.08. The van der Waals surface area contributed by atoms with Crippen molar-refractivity contribution < 1.29 is 17.8 Å². The van der Waals surface area contributed by atoms with Crippen LogP contribution in [0.3, 0.4) is 0 Å². The summed E-state index contributed by atoms with van der Waals surface area (Å²) in [6.45, 7) is 1.16. The van der Waals surface area contributed by atoms with Gasteiger partial charge < -0.3 is 0 Å². The summed E-state index contributed by atoms with van der Waals surface area (Å²) in [5.74, 6) is -0.838. The SMILES string of the molecule is CC(=O)c1nccn1S(=O)(=O)O. The topological polar surface area (TPSA) is 89.3 Å². The summed E-state index contributed by atoms with van der Waals surface area (Å²) in [7, 11) is -4.40. The number of nitrogens with zero attached hydrogens (tertiary/aromatic N) is 2. The summed E-state index contributed by atoms with van der Waals surface area (Å²) in [5.41, 5.74) is 0. The Kier molecular flexibility index (Phi) is 1.99. The first kappa shape index (κ1) is 8.88. The van der Waals surface area contributed by atoms with Crippen LogP contribution in [0, 0.1) is 0 Å². The van der Waals surface area contributed by atoms with Gasteiger partial charge in [-0.25, -0.2) is 8.96 Å². The molecule has 1 aromatic heterocycles. The Morgan fingerprint density at radius 3 is 2.58 bits per heavy atom. The van der Waals surface area contributed by atoms with Gasteiger partial charge in [0.25, 0.3) is 0 Å². The molecular formula is C5H6N2O4S. The highest BCUT2D eigenvalue weighted by atomic mass is 32.2. The number of imidazole rings is 1. The van der Waals surface area contributed by atoms with Crippen molar-refractivity contribution in [2.24, 2.45) is 0 Å². The number of rotatable bonds is 2. The molecule has 0 spiro atoms. The molecule has 0 unspecified atom stereocenters. The zero-order valence-corrected chi connectivity index (χ0v) is 6.95. The minimum absolute atomic E-state index is 0.308. The zero-order valence-electron chi connectivity index (χ0n) is 6.13. The molecule has 0 aliphatic rings. The third-order valence-electron chi connectivity index (χ3n) is 1.17. The maximum absolute atomic E-state index is 10.7. The van der Waals surface area contributed by atoms with Gasteiger partial charge in [0.2, 0.25) is 0 Å². The van der Waals surface area contributed by atoms with E-state index in [-0.39, 0.29) is 5.82 Å². The van der Waals surface area contributed by atoms with Crippen molar-refractivity contribution in [2.45, 2.75) is 6.92 Å². The number of ketones is 1. The lowest BCUT2D eigenvalue weighted by atomic mass is 10.4. The fourth-order valence-electron chi connectivity index (χ4n) is 0.724. The fraction of sp³-hybridized carbons (Fsp3) is 0.200. The summed E-state index contributed by atoms with van der Waals surface area (Å²) in [4.78, 5) is 14.2. The van der Waals surface area contributed by atoms with Gasteiger partial charge in [-0.05, 0) is 0 Å². The van der Waals surface area contributed by atoms with E-state index in [0.29, 0.717) is 3.97 Å². The molecule has 1 heterocycles. The number of hydrogen-bond acceptors (Lipinski definition) is 4. The molecule has 1 aromatic rings. The highest BCUT2D eigenvalue weighted by molar-refractivity contribution is 7.84. The monoisotopic (exact) mass is 190 g/mol. The van der Waals surface area contributed by atoms with Gasteiger partial charge in [0, 0.05) is 19.3 Å². The van der Waals surface area contributed by atoms with Crippen molar-refractivity contribution in [3.05, 3.63) is 18.2 Å². The summed E-state index contributed by atoms with van der Waals surface area (Å²) in [5, 5.41) is 0. The van der Waals surface area contributed by atoms with Crippen LogP contribution in [0.4, 0.5) is 0 Å². The standard InChI is InChI=1S/C5H6N2O4S/c1-4(8)5-6-2-3-7(5)12(9,10)11/h2-3H,1H3,(H,9,10,11). The van der Waals surface area contributed by atoms with Crippen LogP contribution < -0.4 is 0 Å². The first-order chi connectivity index (χ1) is 5.43. The Morgan fingerprint density at radius 1 is 1.67 bits per heavy atom. The molecule has 0 aliphatic carbocycles. The lowest BCUT2D eigenvalue weighted by Crippen LogP contribution is -2.15. The number of carbonyl (C=O) groups excluding carboxylic acids is 1. The molecule has 0 saturated heterocycles. The van der Waals surface area contributed by atoms with E-state index in [1.54, 1.807) is 0 Å². The summed E-state index contributed by atoms with van der Waals surface area (Å²) < 4.78 is 30.1. The number of aromatic nitrogens is 2. The van der Waals surface area contributed by atoms with Crippen LogP contribution in [0.15, 0.2) is 12.4 Å². The molecule has 6 nitrogen and oxygen atoms in total. The lowest BCUT2D eigenvalue weighted by molar-refractivity contribution is 0.100. The van der Waals surface area contributed by atoms with Crippen molar-refractivity contribution in [3.8, 4) is 0 Å². The minimum Gasteiger partial charge on any atom is -0.291 e. The minimum atomic E-state index is -4.40. The first-order valence-corrected chi connectivity index (χ1v) is 4.35.